The van der Waals surface area contributed by atoms with Gasteiger partial charge in [-0.2, -0.15) is 0 Å². The van der Waals surface area contributed by atoms with Crippen LogP contribution in [-0.4, -0.2) is 12.0 Å². The van der Waals surface area contributed by atoms with Gasteiger partial charge in [-0.05, 0) is 45.9 Å². The fraction of sp³-hybridized carbons (Fsp3) is 0.312. The lowest BCUT2D eigenvalue weighted by Gasteiger charge is -2.11. The summed E-state index contributed by atoms with van der Waals surface area (Å²) < 4.78 is 11.0. The average Bonchev–Trinajstić information content (AvgIpc) is 2.68. The van der Waals surface area contributed by atoms with E-state index in [-0.39, 0.29) is 12.0 Å². The van der Waals surface area contributed by atoms with Crippen molar-refractivity contribution >= 4 is 11.6 Å². The molecule has 0 radical (unpaired) electrons. The van der Waals surface area contributed by atoms with E-state index in [1.807, 2.05) is 39.0 Å². The SMILES string of the molecule is Cc1cc(C(=O)Nc2cccc(OC(C)C)c2)c(C)o1. The molecule has 0 spiro atoms. The van der Waals surface area contributed by atoms with Gasteiger partial charge < -0.3 is 14.5 Å². The molecule has 106 valence electrons. The quantitative estimate of drug-likeness (QED) is 0.918. The second kappa shape index (κ2) is 5.82. The Bertz CT molecular complexity index is 614. The number of aryl methyl sites for hydroxylation is 2. The van der Waals surface area contributed by atoms with Crippen molar-refractivity contribution in [3.05, 3.63) is 47.4 Å². The van der Waals surface area contributed by atoms with Crippen molar-refractivity contribution in [1.82, 2.24) is 0 Å². The fourth-order valence-corrected chi connectivity index (χ4v) is 1.97. The van der Waals surface area contributed by atoms with Crippen LogP contribution >= 0.6 is 0 Å². The molecular formula is C16H19NO3. The molecule has 0 unspecified atom stereocenters. The molecule has 0 aliphatic heterocycles. The number of hydrogen-bond donors (Lipinski definition) is 1. The highest BCUT2D eigenvalue weighted by molar-refractivity contribution is 6.05. The highest BCUT2D eigenvalue weighted by Crippen LogP contribution is 2.20. The van der Waals surface area contributed by atoms with Crippen molar-refractivity contribution in [2.45, 2.75) is 33.8 Å². The summed E-state index contributed by atoms with van der Waals surface area (Å²) in [5, 5.41) is 2.85. The van der Waals surface area contributed by atoms with Gasteiger partial charge in [-0.15, -0.1) is 0 Å². The summed E-state index contributed by atoms with van der Waals surface area (Å²) in [7, 11) is 0. The molecule has 0 aliphatic rings. The van der Waals surface area contributed by atoms with Crippen LogP contribution in [0.3, 0.4) is 0 Å². The van der Waals surface area contributed by atoms with Crippen LogP contribution in [0.25, 0.3) is 0 Å². The molecule has 0 saturated carbocycles. The smallest absolute Gasteiger partial charge is 0.259 e. The van der Waals surface area contributed by atoms with E-state index < -0.39 is 0 Å². The van der Waals surface area contributed by atoms with Gasteiger partial charge in [0.1, 0.15) is 17.3 Å². The van der Waals surface area contributed by atoms with Crippen LogP contribution in [0, 0.1) is 13.8 Å². The molecular weight excluding hydrogens is 254 g/mol. The van der Waals surface area contributed by atoms with Crippen LogP contribution in [0.2, 0.25) is 0 Å². The van der Waals surface area contributed by atoms with Gasteiger partial charge in [0.05, 0.1) is 11.7 Å². The molecule has 2 aromatic rings. The lowest BCUT2D eigenvalue weighted by atomic mass is 10.2. The summed E-state index contributed by atoms with van der Waals surface area (Å²) >= 11 is 0. The zero-order valence-electron chi connectivity index (χ0n) is 12.2. The molecule has 0 fully saturated rings. The Labute approximate surface area is 118 Å². The summed E-state index contributed by atoms with van der Waals surface area (Å²) in [5.41, 5.74) is 1.25. The maximum atomic E-state index is 12.2. The maximum Gasteiger partial charge on any atom is 0.259 e. The number of carbonyl (C=O) groups excluding carboxylic acids is 1. The molecule has 4 heteroatoms. The Hall–Kier alpha value is -2.23. The molecule has 1 aromatic heterocycles. The molecule has 20 heavy (non-hydrogen) atoms. The summed E-state index contributed by atoms with van der Waals surface area (Å²) in [4.78, 5) is 12.2. The molecule has 0 atom stereocenters. The second-order valence-corrected chi connectivity index (χ2v) is 4.98. The van der Waals surface area contributed by atoms with E-state index >= 15 is 0 Å². The van der Waals surface area contributed by atoms with Gasteiger partial charge in [-0.25, -0.2) is 0 Å². The van der Waals surface area contributed by atoms with Crippen LogP contribution in [0.4, 0.5) is 5.69 Å². The number of ether oxygens (including phenoxy) is 1. The van der Waals surface area contributed by atoms with Crippen LogP contribution in [0.5, 0.6) is 5.75 Å². The molecule has 1 heterocycles. The van der Waals surface area contributed by atoms with Gasteiger partial charge in [-0.1, -0.05) is 6.07 Å². The number of benzene rings is 1. The second-order valence-electron chi connectivity index (χ2n) is 4.98. The Kier molecular flexibility index (Phi) is 4.13. The first-order valence-electron chi connectivity index (χ1n) is 6.61. The first-order chi connectivity index (χ1) is 9.45. The predicted molar refractivity (Wildman–Crippen MR) is 78.3 cm³/mol. The molecule has 1 aromatic carbocycles. The molecule has 2 rings (SSSR count). The minimum atomic E-state index is -0.180. The molecule has 0 saturated heterocycles. The van der Waals surface area contributed by atoms with E-state index in [0.29, 0.717) is 17.0 Å². The monoisotopic (exact) mass is 273 g/mol. The lowest BCUT2D eigenvalue weighted by molar-refractivity contribution is 0.102. The highest BCUT2D eigenvalue weighted by atomic mass is 16.5. The first kappa shape index (κ1) is 14.2. The van der Waals surface area contributed by atoms with Crippen molar-refractivity contribution in [1.29, 1.82) is 0 Å². The number of amides is 1. The van der Waals surface area contributed by atoms with Crippen molar-refractivity contribution in [3.63, 3.8) is 0 Å². The maximum absolute atomic E-state index is 12.2. The van der Waals surface area contributed by atoms with E-state index in [9.17, 15) is 4.79 Å². The van der Waals surface area contributed by atoms with Crippen LogP contribution in [0.1, 0.15) is 35.7 Å². The van der Waals surface area contributed by atoms with E-state index in [0.717, 1.165) is 11.5 Å². The van der Waals surface area contributed by atoms with Gasteiger partial charge in [0.25, 0.3) is 5.91 Å². The Morgan fingerprint density at radius 1 is 1.25 bits per heavy atom. The zero-order chi connectivity index (χ0) is 14.7. The third-order valence-electron chi connectivity index (χ3n) is 2.75. The molecule has 1 N–H and O–H groups in total. The van der Waals surface area contributed by atoms with Gasteiger partial charge in [0, 0.05) is 11.8 Å². The molecule has 1 amide bonds. The van der Waals surface area contributed by atoms with Crippen molar-refractivity contribution < 1.29 is 13.9 Å². The van der Waals surface area contributed by atoms with Gasteiger partial charge in [0.2, 0.25) is 0 Å². The number of hydrogen-bond acceptors (Lipinski definition) is 3. The Morgan fingerprint density at radius 3 is 2.60 bits per heavy atom. The van der Waals surface area contributed by atoms with Gasteiger partial charge >= 0.3 is 0 Å². The topological polar surface area (TPSA) is 51.5 Å². The summed E-state index contributed by atoms with van der Waals surface area (Å²) in [5.74, 6) is 1.90. The van der Waals surface area contributed by atoms with Crippen molar-refractivity contribution in [3.8, 4) is 5.75 Å². The standard InChI is InChI=1S/C16H19NO3/c1-10(2)19-14-7-5-6-13(9-14)17-16(18)15-8-11(3)20-12(15)4/h5-10H,1-4H3,(H,17,18). The highest BCUT2D eigenvalue weighted by Gasteiger charge is 2.13. The fourth-order valence-electron chi connectivity index (χ4n) is 1.97. The van der Waals surface area contributed by atoms with E-state index in [1.165, 1.54) is 0 Å². The van der Waals surface area contributed by atoms with E-state index in [4.69, 9.17) is 9.15 Å². The van der Waals surface area contributed by atoms with E-state index in [1.54, 1.807) is 19.1 Å². The van der Waals surface area contributed by atoms with Gasteiger partial charge in [0.15, 0.2) is 0 Å². The Balaban J connectivity index is 2.13. The average molecular weight is 273 g/mol. The Morgan fingerprint density at radius 2 is 2.00 bits per heavy atom. The first-order valence-corrected chi connectivity index (χ1v) is 6.61. The normalized spacial score (nSPS) is 10.7. The van der Waals surface area contributed by atoms with Crippen molar-refractivity contribution in [2.75, 3.05) is 5.32 Å². The lowest BCUT2D eigenvalue weighted by Crippen LogP contribution is -2.12. The summed E-state index contributed by atoms with van der Waals surface area (Å²) in [6, 6.07) is 9.08. The van der Waals surface area contributed by atoms with Gasteiger partial charge in [-0.3, -0.25) is 4.79 Å². The zero-order valence-corrected chi connectivity index (χ0v) is 12.2. The third-order valence-corrected chi connectivity index (χ3v) is 2.75. The third kappa shape index (κ3) is 3.41. The summed E-state index contributed by atoms with van der Waals surface area (Å²) in [6.45, 7) is 7.52. The number of rotatable bonds is 4. The number of furan rings is 1. The van der Waals surface area contributed by atoms with Crippen LogP contribution < -0.4 is 10.1 Å². The summed E-state index contributed by atoms with van der Waals surface area (Å²) in [6.07, 6.45) is 0.0970. The van der Waals surface area contributed by atoms with Crippen molar-refractivity contribution in [2.24, 2.45) is 0 Å². The largest absolute Gasteiger partial charge is 0.491 e. The minimum absolute atomic E-state index is 0.0970. The van der Waals surface area contributed by atoms with Crippen LogP contribution in [0.15, 0.2) is 34.7 Å². The predicted octanol–water partition coefficient (Wildman–Crippen LogP) is 3.94. The molecule has 0 bridgehead atoms. The minimum Gasteiger partial charge on any atom is -0.491 e. The number of carbonyl (C=O) groups is 1. The molecule has 0 aliphatic carbocycles. The number of nitrogens with one attached hydrogen (secondary N) is 1. The molecule has 4 nitrogen and oxygen atoms in total. The number of anilines is 1. The van der Waals surface area contributed by atoms with Crippen LogP contribution in [-0.2, 0) is 0 Å². The van der Waals surface area contributed by atoms with E-state index in [2.05, 4.69) is 5.32 Å².